The molecule has 0 aliphatic carbocycles. The van der Waals surface area contributed by atoms with Gasteiger partial charge in [-0.2, -0.15) is 0 Å². The molecule has 0 aromatic heterocycles. The molecule has 5 nitrogen and oxygen atoms in total. The molecule has 108 valence electrons. The Morgan fingerprint density at radius 1 is 1.30 bits per heavy atom. The van der Waals surface area contributed by atoms with Gasteiger partial charge < -0.3 is 9.64 Å². The van der Waals surface area contributed by atoms with Crippen molar-refractivity contribution >= 4 is 17.7 Å². The van der Waals surface area contributed by atoms with Crippen LogP contribution in [0.25, 0.3) is 0 Å². The zero-order valence-corrected chi connectivity index (χ0v) is 12.0. The van der Waals surface area contributed by atoms with Crippen LogP contribution in [0, 0.1) is 0 Å². The van der Waals surface area contributed by atoms with E-state index < -0.39 is 0 Å². The number of hydrogen-bond acceptors (Lipinski definition) is 5. The van der Waals surface area contributed by atoms with E-state index >= 15 is 0 Å². The number of isocyanates is 1. The van der Waals surface area contributed by atoms with Crippen molar-refractivity contribution in [3.63, 3.8) is 0 Å². The molecular weight excluding hydrogens is 256 g/mol. The minimum atomic E-state index is -0.226. The van der Waals surface area contributed by atoms with Gasteiger partial charge in [-0.15, -0.1) is 0 Å². The van der Waals surface area contributed by atoms with E-state index in [0.717, 1.165) is 24.2 Å². The van der Waals surface area contributed by atoms with Crippen molar-refractivity contribution in [1.82, 2.24) is 0 Å². The van der Waals surface area contributed by atoms with E-state index in [1.165, 1.54) is 6.08 Å². The fourth-order valence-electron chi connectivity index (χ4n) is 1.87. The van der Waals surface area contributed by atoms with E-state index in [-0.39, 0.29) is 12.5 Å². The van der Waals surface area contributed by atoms with Crippen molar-refractivity contribution in [1.29, 1.82) is 0 Å². The first-order chi connectivity index (χ1) is 9.71. The van der Waals surface area contributed by atoms with Gasteiger partial charge in [0.05, 0.1) is 13.2 Å². The number of rotatable bonds is 8. The zero-order valence-electron chi connectivity index (χ0n) is 12.0. The lowest BCUT2D eigenvalue weighted by atomic mass is 10.2. The van der Waals surface area contributed by atoms with Gasteiger partial charge in [-0.1, -0.05) is 19.1 Å². The summed E-state index contributed by atoms with van der Waals surface area (Å²) in [6.07, 6.45) is 2.46. The molecule has 0 aliphatic rings. The summed E-state index contributed by atoms with van der Waals surface area (Å²) in [4.78, 5) is 27.2. The van der Waals surface area contributed by atoms with Gasteiger partial charge in [0.1, 0.15) is 6.54 Å². The lowest BCUT2D eigenvalue weighted by Crippen LogP contribution is -2.31. The van der Waals surface area contributed by atoms with Gasteiger partial charge in [-0.3, -0.25) is 4.79 Å². The Bertz CT molecular complexity index is 465. The number of nitrogens with zero attached hydrogens (tertiary/aromatic N) is 2. The summed E-state index contributed by atoms with van der Waals surface area (Å²) in [6, 6.07) is 7.63. The first kappa shape index (κ1) is 15.9. The minimum Gasteiger partial charge on any atom is -0.465 e. The predicted octanol–water partition coefficient (Wildman–Crippen LogP) is 2.30. The first-order valence-corrected chi connectivity index (χ1v) is 6.74. The second-order valence-corrected chi connectivity index (χ2v) is 4.30. The Morgan fingerprint density at radius 3 is 2.55 bits per heavy atom. The first-order valence-electron chi connectivity index (χ1n) is 6.74. The third-order valence-electron chi connectivity index (χ3n) is 2.75. The van der Waals surface area contributed by atoms with E-state index in [9.17, 15) is 9.59 Å². The van der Waals surface area contributed by atoms with Gasteiger partial charge in [-0.25, -0.2) is 9.79 Å². The summed E-state index contributed by atoms with van der Waals surface area (Å²) in [5, 5.41) is 0. The van der Waals surface area contributed by atoms with Gasteiger partial charge >= 0.3 is 5.97 Å². The third-order valence-corrected chi connectivity index (χ3v) is 2.75. The van der Waals surface area contributed by atoms with E-state index in [0.29, 0.717) is 13.2 Å². The maximum Gasteiger partial charge on any atom is 0.325 e. The van der Waals surface area contributed by atoms with E-state index in [1.54, 1.807) is 6.92 Å². The van der Waals surface area contributed by atoms with Crippen LogP contribution in [-0.4, -0.2) is 31.7 Å². The molecule has 1 rings (SSSR count). The lowest BCUT2D eigenvalue weighted by molar-refractivity contribution is -0.141. The van der Waals surface area contributed by atoms with Crippen LogP contribution in [0.4, 0.5) is 5.69 Å². The Balaban J connectivity index is 2.75. The number of benzene rings is 1. The quantitative estimate of drug-likeness (QED) is 0.415. The number of aliphatic imine (C=N–C) groups is 1. The van der Waals surface area contributed by atoms with Crippen molar-refractivity contribution in [2.45, 2.75) is 26.8 Å². The van der Waals surface area contributed by atoms with Crippen molar-refractivity contribution in [3.8, 4) is 0 Å². The lowest BCUT2D eigenvalue weighted by Gasteiger charge is -2.23. The average molecular weight is 276 g/mol. The summed E-state index contributed by atoms with van der Waals surface area (Å²) >= 11 is 0. The van der Waals surface area contributed by atoms with Crippen molar-refractivity contribution in [2.75, 3.05) is 24.6 Å². The Labute approximate surface area is 119 Å². The second-order valence-electron chi connectivity index (χ2n) is 4.30. The largest absolute Gasteiger partial charge is 0.465 e. The third kappa shape index (κ3) is 5.24. The molecule has 0 aliphatic heterocycles. The van der Waals surface area contributed by atoms with Gasteiger partial charge in [0.2, 0.25) is 6.08 Å². The maximum atomic E-state index is 11.6. The number of anilines is 1. The fraction of sp³-hybridized carbons (Fsp3) is 0.467. The molecule has 0 saturated carbocycles. The van der Waals surface area contributed by atoms with Gasteiger partial charge in [0.25, 0.3) is 0 Å². The zero-order chi connectivity index (χ0) is 14.8. The van der Waals surface area contributed by atoms with Crippen molar-refractivity contribution < 1.29 is 14.3 Å². The molecular formula is C15H20N2O3. The fourth-order valence-corrected chi connectivity index (χ4v) is 1.87. The van der Waals surface area contributed by atoms with Crippen LogP contribution in [0.1, 0.15) is 25.8 Å². The molecule has 0 radical (unpaired) electrons. The molecule has 0 fully saturated rings. The highest BCUT2D eigenvalue weighted by molar-refractivity contribution is 5.75. The Morgan fingerprint density at radius 2 is 2.00 bits per heavy atom. The normalized spacial score (nSPS) is 9.70. The number of esters is 1. The molecule has 0 N–H and O–H groups in total. The van der Waals surface area contributed by atoms with Crippen molar-refractivity contribution in [2.24, 2.45) is 4.99 Å². The number of carbonyl (C=O) groups is 1. The molecule has 0 unspecified atom stereocenters. The highest BCUT2D eigenvalue weighted by Crippen LogP contribution is 2.16. The highest BCUT2D eigenvalue weighted by Gasteiger charge is 2.11. The van der Waals surface area contributed by atoms with Crippen LogP contribution >= 0.6 is 0 Å². The molecule has 0 bridgehead atoms. The average Bonchev–Trinajstić information content (AvgIpc) is 2.45. The molecule has 0 heterocycles. The standard InChI is InChI=1S/C15H20N2O3/c1-3-9-17(11-15(19)20-4-2)14-7-5-13(6-8-14)10-16-12-18/h5-8H,3-4,9-11H2,1-2H3. The van der Waals surface area contributed by atoms with Crippen LogP contribution in [0.15, 0.2) is 29.3 Å². The van der Waals surface area contributed by atoms with Crippen LogP contribution in [-0.2, 0) is 20.9 Å². The topological polar surface area (TPSA) is 59.0 Å². The van der Waals surface area contributed by atoms with Crippen LogP contribution in [0.3, 0.4) is 0 Å². The van der Waals surface area contributed by atoms with Crippen molar-refractivity contribution in [3.05, 3.63) is 29.8 Å². The molecule has 5 heteroatoms. The predicted molar refractivity (Wildman–Crippen MR) is 77.4 cm³/mol. The SMILES string of the molecule is CCCN(CC(=O)OCC)c1ccc(CN=C=O)cc1. The molecule has 20 heavy (non-hydrogen) atoms. The molecule has 1 aromatic carbocycles. The van der Waals surface area contributed by atoms with Crippen LogP contribution < -0.4 is 4.90 Å². The van der Waals surface area contributed by atoms with Gasteiger partial charge in [-0.05, 0) is 31.0 Å². The summed E-state index contributed by atoms with van der Waals surface area (Å²) in [6.45, 7) is 5.60. The number of carbonyl (C=O) groups excluding carboxylic acids is 2. The monoisotopic (exact) mass is 276 g/mol. The van der Waals surface area contributed by atoms with Crippen LogP contribution in [0.2, 0.25) is 0 Å². The Kier molecular flexibility index (Phi) is 7.07. The van der Waals surface area contributed by atoms with Gasteiger partial charge in [0, 0.05) is 12.2 Å². The van der Waals surface area contributed by atoms with Gasteiger partial charge in [0.15, 0.2) is 0 Å². The summed E-state index contributed by atoms with van der Waals surface area (Å²) in [5.74, 6) is -0.226. The molecule has 0 spiro atoms. The number of hydrogen-bond donors (Lipinski definition) is 0. The Hall–Kier alpha value is -2.13. The highest BCUT2D eigenvalue weighted by atomic mass is 16.5. The van der Waals surface area contributed by atoms with E-state index in [2.05, 4.69) is 11.9 Å². The maximum absolute atomic E-state index is 11.6. The smallest absolute Gasteiger partial charge is 0.325 e. The molecule has 0 saturated heterocycles. The summed E-state index contributed by atoms with van der Waals surface area (Å²) in [7, 11) is 0. The summed E-state index contributed by atoms with van der Waals surface area (Å²) in [5.41, 5.74) is 1.89. The molecule has 0 amide bonds. The van der Waals surface area contributed by atoms with E-state index in [1.807, 2.05) is 29.2 Å². The minimum absolute atomic E-state index is 0.226. The number of ether oxygens (including phenoxy) is 1. The molecule has 1 aromatic rings. The molecule has 0 atom stereocenters. The summed E-state index contributed by atoms with van der Waals surface area (Å²) < 4.78 is 4.98. The van der Waals surface area contributed by atoms with Crippen LogP contribution in [0.5, 0.6) is 0 Å². The second kappa shape index (κ2) is 8.88. The van der Waals surface area contributed by atoms with E-state index in [4.69, 9.17) is 4.74 Å².